The summed E-state index contributed by atoms with van der Waals surface area (Å²) in [7, 11) is 1.50. The van der Waals surface area contributed by atoms with Crippen LogP contribution in [0.3, 0.4) is 0 Å². The van der Waals surface area contributed by atoms with Gasteiger partial charge in [-0.05, 0) is 50.2 Å². The molecule has 0 radical (unpaired) electrons. The molecule has 2 aromatic heterocycles. The molecule has 37 heavy (non-hydrogen) atoms. The molecule has 1 amide bonds. The number of methoxy groups -OCH3 is 1. The van der Waals surface area contributed by atoms with Crippen LogP contribution in [0, 0.1) is 6.92 Å². The van der Waals surface area contributed by atoms with Gasteiger partial charge >= 0.3 is 12.1 Å². The van der Waals surface area contributed by atoms with E-state index in [4.69, 9.17) is 13.9 Å². The summed E-state index contributed by atoms with van der Waals surface area (Å²) in [5, 5.41) is 6.88. The highest BCUT2D eigenvalue weighted by atomic mass is 19.4. The highest BCUT2D eigenvalue weighted by Gasteiger charge is 2.40. The molecule has 11 heteroatoms. The first-order valence-corrected chi connectivity index (χ1v) is 11.1. The number of aromatic nitrogens is 2. The number of esters is 1. The number of amides is 1. The second kappa shape index (κ2) is 10.2. The molecular weight excluding hydrogens is 491 g/mol. The Morgan fingerprint density at radius 3 is 2.54 bits per heavy atom. The predicted octanol–water partition coefficient (Wildman–Crippen LogP) is 5.90. The third kappa shape index (κ3) is 5.35. The molecule has 192 valence electrons. The van der Waals surface area contributed by atoms with Crippen molar-refractivity contribution in [1.29, 1.82) is 0 Å². The molecule has 4 rings (SSSR count). The van der Waals surface area contributed by atoms with Crippen molar-refractivity contribution >= 4 is 17.6 Å². The molecule has 2 heterocycles. The standard InChI is InChI=1S/C26H22F3N3O5/c1-4-36-25(34)19-14-21(32(31-19)20-10-5-6-11-22(20)35-3)16-8-7-9-17(13-16)30-24(33)18-12-15(2)37-23(18)26(27,28)29/h5-14H,4H2,1-3H3,(H,30,33). The molecule has 4 aromatic rings. The number of carbonyl (C=O) groups is 2. The van der Waals surface area contributed by atoms with Crippen molar-refractivity contribution in [2.75, 3.05) is 19.0 Å². The molecule has 8 nitrogen and oxygen atoms in total. The Hall–Kier alpha value is -4.54. The van der Waals surface area contributed by atoms with Gasteiger partial charge in [-0.25, -0.2) is 9.48 Å². The Bertz CT molecular complexity index is 1460. The summed E-state index contributed by atoms with van der Waals surface area (Å²) in [4.78, 5) is 25.1. The fourth-order valence-electron chi connectivity index (χ4n) is 3.73. The van der Waals surface area contributed by atoms with Gasteiger partial charge in [0.1, 0.15) is 17.2 Å². The Morgan fingerprint density at radius 1 is 1.08 bits per heavy atom. The molecule has 0 fully saturated rings. The number of rotatable bonds is 7. The van der Waals surface area contributed by atoms with E-state index in [1.54, 1.807) is 49.4 Å². The predicted molar refractivity (Wildman–Crippen MR) is 128 cm³/mol. The van der Waals surface area contributed by atoms with Crippen LogP contribution in [-0.2, 0) is 10.9 Å². The van der Waals surface area contributed by atoms with Crippen molar-refractivity contribution in [3.63, 3.8) is 0 Å². The summed E-state index contributed by atoms with van der Waals surface area (Å²) in [5.74, 6) is -2.53. The number of halogens is 3. The maximum absolute atomic E-state index is 13.3. The molecule has 0 spiro atoms. The summed E-state index contributed by atoms with van der Waals surface area (Å²) in [6.45, 7) is 3.16. The molecule has 0 aliphatic carbocycles. The van der Waals surface area contributed by atoms with Crippen LogP contribution < -0.4 is 10.1 Å². The van der Waals surface area contributed by atoms with E-state index in [9.17, 15) is 22.8 Å². The van der Waals surface area contributed by atoms with Gasteiger partial charge in [0.2, 0.25) is 5.76 Å². The topological polar surface area (TPSA) is 95.6 Å². The van der Waals surface area contributed by atoms with Gasteiger partial charge in [-0.1, -0.05) is 24.3 Å². The number of carbonyl (C=O) groups excluding carboxylic acids is 2. The molecule has 2 aromatic carbocycles. The third-order valence-electron chi connectivity index (χ3n) is 5.28. The van der Waals surface area contributed by atoms with Crippen molar-refractivity contribution in [3.05, 3.63) is 83.4 Å². The zero-order chi connectivity index (χ0) is 26.7. The smallest absolute Gasteiger partial charge is 0.450 e. The maximum Gasteiger partial charge on any atom is 0.450 e. The van der Waals surface area contributed by atoms with Crippen LogP contribution in [0.5, 0.6) is 5.75 Å². The van der Waals surface area contributed by atoms with Crippen molar-refractivity contribution in [1.82, 2.24) is 9.78 Å². The first kappa shape index (κ1) is 25.5. The summed E-state index contributed by atoms with van der Waals surface area (Å²) in [6, 6.07) is 16.0. The van der Waals surface area contributed by atoms with Crippen LogP contribution in [0.4, 0.5) is 18.9 Å². The number of furan rings is 1. The lowest BCUT2D eigenvalue weighted by Crippen LogP contribution is -2.16. The lowest BCUT2D eigenvalue weighted by molar-refractivity contribution is -0.153. The second-order valence-corrected chi connectivity index (χ2v) is 7.85. The number of hydrogen-bond donors (Lipinski definition) is 1. The lowest BCUT2D eigenvalue weighted by Gasteiger charge is -2.13. The monoisotopic (exact) mass is 513 g/mol. The van der Waals surface area contributed by atoms with Crippen LogP contribution in [0.15, 0.2) is 65.1 Å². The highest BCUT2D eigenvalue weighted by molar-refractivity contribution is 6.05. The maximum atomic E-state index is 13.3. The Labute approximate surface area is 209 Å². The number of alkyl halides is 3. The largest absolute Gasteiger partial charge is 0.494 e. The highest BCUT2D eigenvalue weighted by Crippen LogP contribution is 2.35. The van der Waals surface area contributed by atoms with E-state index in [1.807, 2.05) is 0 Å². The zero-order valence-corrected chi connectivity index (χ0v) is 20.1. The SMILES string of the molecule is CCOC(=O)c1cc(-c2cccc(NC(=O)c3cc(C)oc3C(F)(F)F)c2)n(-c2ccccc2OC)n1. The van der Waals surface area contributed by atoms with Crippen LogP contribution >= 0.6 is 0 Å². The number of ether oxygens (including phenoxy) is 2. The number of nitrogens with zero attached hydrogens (tertiary/aromatic N) is 2. The Balaban J connectivity index is 1.75. The van der Waals surface area contributed by atoms with Gasteiger partial charge in [0.05, 0.1) is 25.0 Å². The minimum Gasteiger partial charge on any atom is -0.494 e. The Kier molecular flexibility index (Phi) is 7.05. The summed E-state index contributed by atoms with van der Waals surface area (Å²) in [6.07, 6.45) is -4.83. The van der Waals surface area contributed by atoms with Crippen LogP contribution in [0.2, 0.25) is 0 Å². The molecule has 0 saturated carbocycles. The fourth-order valence-corrected chi connectivity index (χ4v) is 3.73. The number of benzene rings is 2. The minimum atomic E-state index is -4.83. The van der Waals surface area contributed by atoms with Gasteiger partial charge in [-0.3, -0.25) is 4.79 Å². The van der Waals surface area contributed by atoms with E-state index in [1.165, 1.54) is 30.8 Å². The number of hydrogen-bond acceptors (Lipinski definition) is 6. The lowest BCUT2D eigenvalue weighted by atomic mass is 10.1. The van der Waals surface area contributed by atoms with Gasteiger partial charge in [0.25, 0.3) is 5.91 Å². The zero-order valence-electron chi connectivity index (χ0n) is 20.1. The normalized spacial score (nSPS) is 11.3. The average molecular weight is 513 g/mol. The van der Waals surface area contributed by atoms with Crippen LogP contribution in [0.1, 0.15) is 39.3 Å². The van der Waals surface area contributed by atoms with Crippen LogP contribution in [0.25, 0.3) is 16.9 Å². The van der Waals surface area contributed by atoms with E-state index in [-0.39, 0.29) is 23.7 Å². The molecule has 0 unspecified atom stereocenters. The molecule has 1 N–H and O–H groups in total. The summed E-state index contributed by atoms with van der Waals surface area (Å²) in [5.41, 5.74) is 1.15. The van der Waals surface area contributed by atoms with E-state index < -0.39 is 29.4 Å². The second-order valence-electron chi connectivity index (χ2n) is 7.85. The van der Waals surface area contributed by atoms with Crippen LogP contribution in [-0.4, -0.2) is 35.4 Å². The third-order valence-corrected chi connectivity index (χ3v) is 5.28. The Morgan fingerprint density at radius 2 is 1.84 bits per heavy atom. The van der Waals surface area contributed by atoms with Gasteiger partial charge in [0, 0.05) is 11.3 Å². The van der Waals surface area contributed by atoms with Gasteiger partial charge in [0.15, 0.2) is 5.69 Å². The van der Waals surface area contributed by atoms with Crippen molar-refractivity contribution in [2.24, 2.45) is 0 Å². The first-order chi connectivity index (χ1) is 17.6. The quantitative estimate of drug-likeness (QED) is 0.309. The average Bonchev–Trinajstić information content (AvgIpc) is 3.49. The summed E-state index contributed by atoms with van der Waals surface area (Å²) < 4.78 is 56.6. The van der Waals surface area contributed by atoms with E-state index in [0.717, 1.165) is 6.07 Å². The molecule has 0 aliphatic rings. The van der Waals surface area contributed by atoms with Crippen molar-refractivity contribution in [3.8, 4) is 22.7 Å². The first-order valence-electron chi connectivity index (χ1n) is 11.1. The summed E-state index contributed by atoms with van der Waals surface area (Å²) >= 11 is 0. The number of aryl methyl sites for hydroxylation is 1. The number of anilines is 1. The van der Waals surface area contributed by atoms with Gasteiger partial charge in [-0.15, -0.1) is 0 Å². The van der Waals surface area contributed by atoms with Crippen molar-refractivity contribution < 1.29 is 36.7 Å². The number of para-hydroxylation sites is 2. The molecule has 0 atom stereocenters. The van der Waals surface area contributed by atoms with Gasteiger partial charge < -0.3 is 19.2 Å². The minimum absolute atomic E-state index is 0.0425. The molecular formula is C26H22F3N3O5. The number of nitrogens with one attached hydrogen (secondary N) is 1. The van der Waals surface area contributed by atoms with Crippen molar-refractivity contribution in [2.45, 2.75) is 20.0 Å². The molecule has 0 bridgehead atoms. The van der Waals surface area contributed by atoms with E-state index in [0.29, 0.717) is 22.7 Å². The molecule has 0 aliphatic heterocycles. The fraction of sp³-hybridized carbons (Fsp3) is 0.192. The van der Waals surface area contributed by atoms with E-state index in [2.05, 4.69) is 10.4 Å². The van der Waals surface area contributed by atoms with E-state index >= 15 is 0 Å². The van der Waals surface area contributed by atoms with Gasteiger partial charge in [-0.2, -0.15) is 18.3 Å². The molecule has 0 saturated heterocycles.